The van der Waals surface area contributed by atoms with Crippen molar-refractivity contribution in [3.05, 3.63) is 0 Å². The summed E-state index contributed by atoms with van der Waals surface area (Å²) in [5, 5.41) is 3.02. The fraction of sp³-hybridized carbons (Fsp3) is 0.846. The van der Waals surface area contributed by atoms with Gasteiger partial charge in [0.15, 0.2) is 0 Å². The van der Waals surface area contributed by atoms with Gasteiger partial charge in [-0.25, -0.2) is 0 Å². The number of amides is 1. The summed E-state index contributed by atoms with van der Waals surface area (Å²) in [6, 6.07) is 0.0606. The maximum Gasteiger partial charge on any atom is 0.223 e. The zero-order valence-corrected chi connectivity index (χ0v) is 11.5. The number of hydrogen-bond acceptors (Lipinski definition) is 2. The second-order valence-electron chi connectivity index (χ2n) is 5.12. The number of rotatable bonds is 4. The molecule has 0 heterocycles. The lowest BCUT2D eigenvalue weighted by Gasteiger charge is -2.21. The van der Waals surface area contributed by atoms with Crippen LogP contribution in [-0.2, 0) is 4.79 Å². The van der Waals surface area contributed by atoms with Crippen molar-refractivity contribution in [1.29, 1.82) is 0 Å². The Morgan fingerprint density at radius 3 is 2.35 bits per heavy atom. The van der Waals surface area contributed by atoms with Crippen molar-refractivity contribution in [3.8, 4) is 0 Å². The molecule has 0 aromatic carbocycles. The monoisotopic (exact) mass is 256 g/mol. The molecule has 0 aromatic heterocycles. The van der Waals surface area contributed by atoms with Gasteiger partial charge in [-0.2, -0.15) is 0 Å². The second-order valence-corrected chi connectivity index (χ2v) is 5.65. The lowest BCUT2D eigenvalue weighted by Crippen LogP contribution is -2.39. The largest absolute Gasteiger partial charge is 0.393 e. The van der Waals surface area contributed by atoms with Gasteiger partial charge in [-0.15, -0.1) is 0 Å². The van der Waals surface area contributed by atoms with E-state index in [4.69, 9.17) is 18.0 Å². The molecule has 0 aromatic rings. The first-order valence-electron chi connectivity index (χ1n) is 6.68. The molecule has 0 spiro atoms. The third kappa shape index (κ3) is 6.01. The van der Waals surface area contributed by atoms with Crippen molar-refractivity contribution >= 4 is 23.1 Å². The van der Waals surface area contributed by atoms with Crippen molar-refractivity contribution in [3.63, 3.8) is 0 Å². The molecule has 1 rings (SSSR count). The molecular weight excluding hydrogens is 232 g/mol. The number of hydrogen-bond donors (Lipinski definition) is 2. The van der Waals surface area contributed by atoms with E-state index in [9.17, 15) is 4.79 Å². The van der Waals surface area contributed by atoms with E-state index in [0.717, 1.165) is 12.8 Å². The first kappa shape index (κ1) is 14.4. The molecule has 1 unspecified atom stereocenters. The molecule has 1 aliphatic rings. The van der Waals surface area contributed by atoms with E-state index in [2.05, 4.69) is 5.32 Å². The average molecular weight is 256 g/mol. The summed E-state index contributed by atoms with van der Waals surface area (Å²) >= 11 is 4.85. The SMILES string of the molecule is CC(CC(N)=S)NC(=O)C1CCCCCCC1. The molecule has 3 nitrogen and oxygen atoms in total. The molecule has 0 saturated heterocycles. The van der Waals surface area contributed by atoms with Crippen LogP contribution in [0.15, 0.2) is 0 Å². The van der Waals surface area contributed by atoms with Crippen LogP contribution < -0.4 is 11.1 Å². The molecule has 1 fully saturated rings. The van der Waals surface area contributed by atoms with Gasteiger partial charge < -0.3 is 11.1 Å². The minimum Gasteiger partial charge on any atom is -0.393 e. The van der Waals surface area contributed by atoms with Gasteiger partial charge >= 0.3 is 0 Å². The molecule has 3 N–H and O–H groups in total. The van der Waals surface area contributed by atoms with Crippen LogP contribution in [0, 0.1) is 5.92 Å². The zero-order valence-electron chi connectivity index (χ0n) is 10.7. The quantitative estimate of drug-likeness (QED) is 0.760. The van der Waals surface area contributed by atoms with E-state index in [1.54, 1.807) is 0 Å². The third-order valence-electron chi connectivity index (χ3n) is 3.37. The summed E-state index contributed by atoms with van der Waals surface area (Å²) in [5.74, 6) is 0.389. The molecule has 17 heavy (non-hydrogen) atoms. The zero-order chi connectivity index (χ0) is 12.7. The van der Waals surface area contributed by atoms with Crippen LogP contribution in [0.25, 0.3) is 0 Å². The van der Waals surface area contributed by atoms with Crippen molar-refractivity contribution in [2.45, 2.75) is 64.3 Å². The molecule has 0 radical (unpaired) electrons. The van der Waals surface area contributed by atoms with Crippen LogP contribution in [0.1, 0.15) is 58.3 Å². The summed E-state index contributed by atoms with van der Waals surface area (Å²) in [5.41, 5.74) is 5.47. The molecule has 1 amide bonds. The van der Waals surface area contributed by atoms with Gasteiger partial charge in [0.25, 0.3) is 0 Å². The number of nitrogens with two attached hydrogens (primary N) is 1. The fourth-order valence-corrected chi connectivity index (χ4v) is 2.68. The predicted molar refractivity (Wildman–Crippen MR) is 74.8 cm³/mol. The molecule has 0 aliphatic heterocycles. The Morgan fingerprint density at radius 2 is 1.82 bits per heavy atom. The maximum absolute atomic E-state index is 12.1. The van der Waals surface area contributed by atoms with E-state index in [-0.39, 0.29) is 17.9 Å². The maximum atomic E-state index is 12.1. The van der Waals surface area contributed by atoms with E-state index >= 15 is 0 Å². The van der Waals surface area contributed by atoms with Crippen LogP contribution in [0.5, 0.6) is 0 Å². The van der Waals surface area contributed by atoms with Gasteiger partial charge in [0.2, 0.25) is 5.91 Å². The predicted octanol–water partition coefficient (Wildman–Crippen LogP) is 2.53. The molecule has 1 atom stereocenters. The lowest BCUT2D eigenvalue weighted by molar-refractivity contribution is -0.126. The van der Waals surface area contributed by atoms with Gasteiger partial charge in [-0.3, -0.25) is 4.79 Å². The van der Waals surface area contributed by atoms with Crippen molar-refractivity contribution < 1.29 is 4.79 Å². The Balaban J connectivity index is 2.36. The molecule has 1 saturated carbocycles. The Labute approximate surface area is 110 Å². The second kappa shape index (κ2) is 7.64. The summed E-state index contributed by atoms with van der Waals surface area (Å²) < 4.78 is 0. The average Bonchev–Trinajstić information content (AvgIpc) is 2.14. The first-order valence-corrected chi connectivity index (χ1v) is 7.09. The Kier molecular flexibility index (Phi) is 6.48. The molecular formula is C13H24N2OS. The summed E-state index contributed by atoms with van der Waals surface area (Å²) in [7, 11) is 0. The van der Waals surface area contributed by atoms with Crippen LogP contribution in [0.4, 0.5) is 0 Å². The number of nitrogens with one attached hydrogen (secondary N) is 1. The molecule has 4 heteroatoms. The lowest BCUT2D eigenvalue weighted by atomic mass is 9.90. The van der Waals surface area contributed by atoms with E-state index in [0.29, 0.717) is 11.4 Å². The molecule has 0 bridgehead atoms. The minimum absolute atomic E-state index is 0.0606. The van der Waals surface area contributed by atoms with Gasteiger partial charge in [0, 0.05) is 18.4 Å². The van der Waals surface area contributed by atoms with Gasteiger partial charge in [0.1, 0.15) is 0 Å². The third-order valence-corrected chi connectivity index (χ3v) is 3.54. The molecule has 98 valence electrons. The Hall–Kier alpha value is -0.640. The summed E-state index contributed by atoms with van der Waals surface area (Å²) in [4.78, 5) is 12.5. The highest BCUT2D eigenvalue weighted by Crippen LogP contribution is 2.22. The standard InChI is InChI=1S/C13H24N2OS/c1-10(9-12(14)17)15-13(16)11-7-5-3-2-4-6-8-11/h10-11H,2-9H2,1H3,(H2,14,17)(H,15,16). The van der Waals surface area contributed by atoms with Crippen molar-refractivity contribution in [2.75, 3.05) is 0 Å². The van der Waals surface area contributed by atoms with Crippen LogP contribution >= 0.6 is 12.2 Å². The highest BCUT2D eigenvalue weighted by atomic mass is 32.1. The van der Waals surface area contributed by atoms with Gasteiger partial charge in [-0.05, 0) is 19.8 Å². The first-order chi connectivity index (χ1) is 8.09. The van der Waals surface area contributed by atoms with Crippen LogP contribution in [-0.4, -0.2) is 16.9 Å². The molecule has 1 aliphatic carbocycles. The summed E-state index contributed by atoms with van der Waals surface area (Å²) in [6.07, 6.45) is 8.89. The summed E-state index contributed by atoms with van der Waals surface area (Å²) in [6.45, 7) is 1.96. The van der Waals surface area contributed by atoms with E-state index < -0.39 is 0 Å². The van der Waals surface area contributed by atoms with E-state index in [1.165, 1.54) is 32.1 Å². The van der Waals surface area contributed by atoms with Crippen LogP contribution in [0.3, 0.4) is 0 Å². The Bertz CT molecular complexity index is 260. The Morgan fingerprint density at radius 1 is 1.29 bits per heavy atom. The highest BCUT2D eigenvalue weighted by molar-refractivity contribution is 7.80. The normalized spacial score (nSPS) is 20.1. The number of carbonyl (C=O) groups excluding carboxylic acids is 1. The van der Waals surface area contributed by atoms with Crippen molar-refractivity contribution in [2.24, 2.45) is 11.7 Å². The minimum atomic E-state index is 0.0606. The van der Waals surface area contributed by atoms with E-state index in [1.807, 2.05) is 6.92 Å². The fourth-order valence-electron chi connectivity index (χ4n) is 2.43. The van der Waals surface area contributed by atoms with Crippen LogP contribution in [0.2, 0.25) is 0 Å². The number of thiocarbonyl (C=S) groups is 1. The van der Waals surface area contributed by atoms with Crippen molar-refractivity contribution in [1.82, 2.24) is 5.32 Å². The van der Waals surface area contributed by atoms with Gasteiger partial charge in [0.05, 0.1) is 4.99 Å². The number of carbonyl (C=O) groups is 1. The smallest absolute Gasteiger partial charge is 0.223 e. The van der Waals surface area contributed by atoms with Gasteiger partial charge in [-0.1, -0.05) is 44.3 Å². The highest BCUT2D eigenvalue weighted by Gasteiger charge is 2.20. The topological polar surface area (TPSA) is 55.1 Å².